The van der Waals surface area contributed by atoms with Gasteiger partial charge in [-0.25, -0.2) is 0 Å². The van der Waals surface area contributed by atoms with Gasteiger partial charge in [0.05, 0.1) is 0 Å². The average molecular weight is 545 g/mol. The van der Waals surface area contributed by atoms with E-state index in [4.69, 9.17) is 9.47 Å². The van der Waals surface area contributed by atoms with Crippen LogP contribution in [-0.2, 0) is 24.4 Å². The van der Waals surface area contributed by atoms with Gasteiger partial charge in [0.15, 0.2) is 21.6 Å². The normalized spacial score (nSPS) is 12.4. The highest BCUT2D eigenvalue weighted by atomic mass is 79.9. The fourth-order valence-corrected chi connectivity index (χ4v) is 4.26. The molecule has 182 valence electrons. The van der Waals surface area contributed by atoms with Gasteiger partial charge in [-0.15, -0.1) is 0 Å². The molecule has 0 saturated heterocycles. The predicted molar refractivity (Wildman–Crippen MR) is 142 cm³/mol. The summed E-state index contributed by atoms with van der Waals surface area (Å²) in [4.78, 5) is 25.7. The molecule has 4 aromatic rings. The Hall–Kier alpha value is -3.90. The summed E-state index contributed by atoms with van der Waals surface area (Å²) in [6.45, 7) is 0.587. The minimum atomic E-state index is -1.82. The Morgan fingerprint density at radius 1 is 0.667 bits per heavy atom. The molecule has 4 rings (SSSR count). The van der Waals surface area contributed by atoms with E-state index in [1.807, 2.05) is 78.9 Å². The Morgan fingerprint density at radius 2 is 1.14 bits per heavy atom. The van der Waals surface area contributed by atoms with E-state index < -0.39 is 16.1 Å². The lowest BCUT2D eigenvalue weighted by atomic mass is 9.91. The van der Waals surface area contributed by atoms with Crippen molar-refractivity contribution in [3.8, 4) is 11.5 Å². The zero-order chi connectivity index (χ0) is 25.4. The average Bonchev–Trinajstić information content (AvgIpc) is 2.92. The molecule has 0 radical (unpaired) electrons. The summed E-state index contributed by atoms with van der Waals surface area (Å²) >= 11 is 3.25. The Kier molecular flexibility index (Phi) is 8.18. The number of carbonyl (C=O) groups is 2. The predicted octanol–water partition coefficient (Wildman–Crippen LogP) is 6.49. The van der Waals surface area contributed by atoms with Crippen LogP contribution in [-0.4, -0.2) is 21.2 Å². The third kappa shape index (κ3) is 6.20. The van der Waals surface area contributed by atoms with E-state index in [0.29, 0.717) is 18.1 Å². The monoisotopic (exact) mass is 544 g/mol. The van der Waals surface area contributed by atoms with Crippen LogP contribution >= 0.6 is 15.9 Å². The number of carboxylic acid groups (broad SMARTS) is 1. The van der Waals surface area contributed by atoms with Crippen LogP contribution in [0.1, 0.15) is 27.0 Å². The van der Waals surface area contributed by atoms with Gasteiger partial charge >= 0.3 is 5.97 Å². The zero-order valence-corrected chi connectivity index (χ0v) is 21.1. The third-order valence-corrected chi connectivity index (χ3v) is 6.65. The maximum Gasteiger partial charge on any atom is 0.328 e. The number of Topliss-reactive ketones (excluding diaryl/α,β-unsaturated/α-hetero) is 1. The second kappa shape index (κ2) is 11.7. The summed E-state index contributed by atoms with van der Waals surface area (Å²) in [6, 6.07) is 33.2. The highest BCUT2D eigenvalue weighted by Gasteiger charge is 2.44. The molecular formula is C30H25BrO5. The molecule has 0 saturated carbocycles. The largest absolute Gasteiger partial charge is 0.485 e. The van der Waals surface area contributed by atoms with Crippen LogP contribution in [0.4, 0.5) is 0 Å². The Balaban J connectivity index is 1.62. The summed E-state index contributed by atoms with van der Waals surface area (Å²) in [5.74, 6) is -1.00. The van der Waals surface area contributed by atoms with Gasteiger partial charge < -0.3 is 14.6 Å². The van der Waals surface area contributed by atoms with Crippen LogP contribution in [0.2, 0.25) is 0 Å². The number of halogens is 1. The Bertz CT molecular complexity index is 1310. The molecule has 0 aliphatic carbocycles. The fourth-order valence-electron chi connectivity index (χ4n) is 3.71. The molecule has 5 nitrogen and oxygen atoms in total. The molecule has 0 aromatic heterocycles. The lowest BCUT2D eigenvalue weighted by molar-refractivity contribution is -0.138. The summed E-state index contributed by atoms with van der Waals surface area (Å²) in [6.07, 6.45) is -0.00549. The molecule has 0 spiro atoms. The molecule has 1 unspecified atom stereocenters. The van der Waals surface area contributed by atoms with Gasteiger partial charge in [-0.1, -0.05) is 107 Å². The number of hydrogen-bond donors (Lipinski definition) is 1. The van der Waals surface area contributed by atoms with Crippen molar-refractivity contribution in [2.75, 3.05) is 0 Å². The second-order valence-corrected chi connectivity index (χ2v) is 9.66. The molecule has 0 fully saturated rings. The summed E-state index contributed by atoms with van der Waals surface area (Å²) in [5.41, 5.74) is 2.88. The molecule has 0 aliphatic rings. The summed E-state index contributed by atoms with van der Waals surface area (Å²) in [7, 11) is 0. The quantitative estimate of drug-likeness (QED) is 0.133. The fraction of sp³-hybridized carbons (Fsp3) is 0.133. The molecule has 0 heterocycles. The van der Waals surface area contributed by atoms with Gasteiger partial charge in [-0.05, 0) is 34.9 Å². The van der Waals surface area contributed by atoms with E-state index >= 15 is 0 Å². The maximum absolute atomic E-state index is 13.5. The highest BCUT2D eigenvalue weighted by Crippen LogP contribution is 2.34. The first-order chi connectivity index (χ1) is 17.5. The number of carboxylic acids is 1. The van der Waals surface area contributed by atoms with Crippen molar-refractivity contribution in [3.63, 3.8) is 0 Å². The summed E-state index contributed by atoms with van der Waals surface area (Å²) < 4.78 is 10.2. The molecule has 0 aliphatic heterocycles. The lowest BCUT2D eigenvalue weighted by Gasteiger charge is -2.22. The van der Waals surface area contributed by atoms with Crippen LogP contribution in [0.25, 0.3) is 0 Å². The van der Waals surface area contributed by atoms with E-state index in [-0.39, 0.29) is 18.6 Å². The van der Waals surface area contributed by atoms with Crippen molar-refractivity contribution < 1.29 is 24.2 Å². The van der Waals surface area contributed by atoms with E-state index in [9.17, 15) is 14.7 Å². The second-order valence-electron chi connectivity index (χ2n) is 8.31. The third-order valence-electron chi connectivity index (χ3n) is 5.67. The number of alkyl halides is 1. The molecule has 1 N–H and O–H groups in total. The molecule has 36 heavy (non-hydrogen) atoms. The number of aliphatic carboxylic acids is 1. The van der Waals surface area contributed by atoms with Crippen molar-refractivity contribution >= 4 is 27.7 Å². The van der Waals surface area contributed by atoms with Gasteiger partial charge in [-0.3, -0.25) is 9.59 Å². The highest BCUT2D eigenvalue weighted by molar-refractivity contribution is 9.10. The molecular weight excluding hydrogens is 520 g/mol. The van der Waals surface area contributed by atoms with E-state index in [1.165, 1.54) is 0 Å². The smallest absolute Gasteiger partial charge is 0.328 e. The molecule has 0 bridgehead atoms. The standard InChI is InChI=1S/C30H25BrO5/c31-30(29(33)34,19-22-10-4-1-5-11-22)28(32)25-16-17-26(35-20-23-12-6-2-7-13-23)27(18-25)36-21-24-14-8-3-9-15-24/h1-18H,19-21H2,(H,33,34). The van der Waals surface area contributed by atoms with Gasteiger partial charge in [0, 0.05) is 12.0 Å². The van der Waals surface area contributed by atoms with Crippen molar-refractivity contribution in [1.82, 2.24) is 0 Å². The first-order valence-corrected chi connectivity index (χ1v) is 12.2. The van der Waals surface area contributed by atoms with E-state index in [1.54, 1.807) is 30.3 Å². The van der Waals surface area contributed by atoms with Crippen molar-refractivity contribution in [2.45, 2.75) is 24.0 Å². The number of ketones is 1. The number of ether oxygens (including phenoxy) is 2. The van der Waals surface area contributed by atoms with Crippen LogP contribution in [0.3, 0.4) is 0 Å². The minimum absolute atomic E-state index is 0.00549. The Morgan fingerprint density at radius 3 is 1.64 bits per heavy atom. The number of carbonyl (C=O) groups excluding carboxylic acids is 1. The molecule has 1 atom stereocenters. The first-order valence-electron chi connectivity index (χ1n) is 11.4. The number of hydrogen-bond acceptors (Lipinski definition) is 4. The SMILES string of the molecule is O=C(O)C(Br)(Cc1ccccc1)C(=O)c1ccc(OCc2ccccc2)c(OCc2ccccc2)c1. The van der Waals surface area contributed by atoms with Crippen LogP contribution in [0.15, 0.2) is 109 Å². The Labute approximate surface area is 218 Å². The maximum atomic E-state index is 13.5. The topological polar surface area (TPSA) is 72.8 Å². The first kappa shape index (κ1) is 25.2. The van der Waals surface area contributed by atoms with Crippen molar-refractivity contribution in [1.29, 1.82) is 0 Å². The van der Waals surface area contributed by atoms with Crippen LogP contribution in [0, 0.1) is 0 Å². The van der Waals surface area contributed by atoms with E-state index in [0.717, 1.165) is 16.7 Å². The minimum Gasteiger partial charge on any atom is -0.485 e. The molecule has 0 amide bonds. The van der Waals surface area contributed by atoms with Gasteiger partial charge in [-0.2, -0.15) is 0 Å². The van der Waals surface area contributed by atoms with Gasteiger partial charge in [0.1, 0.15) is 13.2 Å². The zero-order valence-electron chi connectivity index (χ0n) is 19.5. The van der Waals surface area contributed by atoms with E-state index in [2.05, 4.69) is 15.9 Å². The van der Waals surface area contributed by atoms with Crippen LogP contribution < -0.4 is 9.47 Å². The summed E-state index contributed by atoms with van der Waals surface area (Å²) in [5, 5.41) is 9.99. The number of benzene rings is 4. The molecule has 6 heteroatoms. The van der Waals surface area contributed by atoms with Gasteiger partial charge in [0.25, 0.3) is 0 Å². The lowest BCUT2D eigenvalue weighted by Crippen LogP contribution is -2.42. The molecule has 4 aromatic carbocycles. The number of rotatable bonds is 11. The van der Waals surface area contributed by atoms with Crippen molar-refractivity contribution in [3.05, 3.63) is 131 Å². The van der Waals surface area contributed by atoms with Gasteiger partial charge in [0.2, 0.25) is 0 Å². The van der Waals surface area contributed by atoms with Crippen LogP contribution in [0.5, 0.6) is 11.5 Å². The van der Waals surface area contributed by atoms with Crippen molar-refractivity contribution in [2.24, 2.45) is 0 Å².